The normalized spacial score (nSPS) is 10.3. The van der Waals surface area contributed by atoms with Crippen molar-refractivity contribution in [3.63, 3.8) is 0 Å². The third-order valence-corrected chi connectivity index (χ3v) is 2.66. The van der Waals surface area contributed by atoms with Crippen LogP contribution in [0.15, 0.2) is 24.3 Å². The van der Waals surface area contributed by atoms with E-state index in [-0.39, 0.29) is 0 Å². The van der Waals surface area contributed by atoms with Gasteiger partial charge in [0.25, 0.3) is 0 Å². The maximum absolute atomic E-state index is 8.50. The van der Waals surface area contributed by atoms with Crippen LogP contribution in [0.25, 0.3) is 0 Å². The smallest absolute Gasteiger partial charge is 0.0622 e. The van der Waals surface area contributed by atoms with Gasteiger partial charge >= 0.3 is 0 Å². The van der Waals surface area contributed by atoms with E-state index in [1.807, 2.05) is 18.2 Å². The van der Waals surface area contributed by atoms with Crippen molar-refractivity contribution >= 4 is 5.69 Å². The van der Waals surface area contributed by atoms with Gasteiger partial charge in [0.05, 0.1) is 6.07 Å². The minimum atomic E-state index is 0.626. The number of anilines is 1. The molecule has 0 aliphatic carbocycles. The number of nitrogen functional groups attached to an aromatic ring is 1. The molecule has 3 nitrogen and oxygen atoms in total. The third kappa shape index (κ3) is 3.92. The molecule has 1 rings (SSSR count). The minimum Gasteiger partial charge on any atom is -0.398 e. The largest absolute Gasteiger partial charge is 0.398 e. The molecule has 0 fully saturated rings. The summed E-state index contributed by atoms with van der Waals surface area (Å²) in [5.41, 5.74) is 7.92. The number of rotatable bonds is 6. The molecule has 16 heavy (non-hydrogen) atoms. The van der Waals surface area contributed by atoms with Crippen molar-refractivity contribution in [3.8, 4) is 6.07 Å². The summed E-state index contributed by atoms with van der Waals surface area (Å²) in [7, 11) is 0. The fourth-order valence-electron chi connectivity index (χ4n) is 1.65. The van der Waals surface area contributed by atoms with Crippen LogP contribution in [0.2, 0.25) is 0 Å². The first-order valence-electron chi connectivity index (χ1n) is 5.70. The standard InChI is InChI=1S/C13H19N3/c1-2-16(10-6-5-9-14)11-12-7-3-4-8-13(12)15/h3-4,7-8H,2,5-6,10-11,15H2,1H3. The zero-order valence-electron chi connectivity index (χ0n) is 9.82. The molecule has 0 radical (unpaired) electrons. The Hall–Kier alpha value is -1.53. The molecule has 1 aromatic rings. The van der Waals surface area contributed by atoms with Gasteiger partial charge in [-0.1, -0.05) is 25.1 Å². The van der Waals surface area contributed by atoms with Crippen LogP contribution in [-0.2, 0) is 6.54 Å². The van der Waals surface area contributed by atoms with E-state index in [0.717, 1.165) is 31.7 Å². The second-order valence-electron chi connectivity index (χ2n) is 3.83. The van der Waals surface area contributed by atoms with Crippen molar-refractivity contribution in [2.45, 2.75) is 26.3 Å². The van der Waals surface area contributed by atoms with Crippen molar-refractivity contribution in [1.29, 1.82) is 5.26 Å². The SMILES string of the molecule is CCN(CCCC#N)Cc1ccccc1N. The highest BCUT2D eigenvalue weighted by atomic mass is 15.1. The predicted octanol–water partition coefficient (Wildman–Crippen LogP) is 2.39. The van der Waals surface area contributed by atoms with Gasteiger partial charge in [-0.15, -0.1) is 0 Å². The lowest BCUT2D eigenvalue weighted by atomic mass is 10.1. The van der Waals surface area contributed by atoms with Crippen LogP contribution in [-0.4, -0.2) is 18.0 Å². The van der Waals surface area contributed by atoms with E-state index in [4.69, 9.17) is 11.0 Å². The average Bonchev–Trinajstić information content (AvgIpc) is 2.30. The summed E-state index contributed by atoms with van der Waals surface area (Å²) in [5, 5.41) is 8.50. The molecule has 0 unspecified atom stereocenters. The van der Waals surface area contributed by atoms with E-state index in [1.54, 1.807) is 0 Å². The van der Waals surface area contributed by atoms with Crippen LogP contribution in [0.3, 0.4) is 0 Å². The van der Waals surface area contributed by atoms with E-state index in [0.29, 0.717) is 6.42 Å². The van der Waals surface area contributed by atoms with Gasteiger partial charge in [-0.05, 0) is 31.1 Å². The van der Waals surface area contributed by atoms with Crippen molar-refractivity contribution in [2.75, 3.05) is 18.8 Å². The maximum Gasteiger partial charge on any atom is 0.0622 e. The van der Waals surface area contributed by atoms with E-state index in [9.17, 15) is 0 Å². The van der Waals surface area contributed by atoms with Crippen molar-refractivity contribution in [2.24, 2.45) is 0 Å². The molecule has 0 aromatic heterocycles. The summed E-state index contributed by atoms with van der Waals surface area (Å²) in [5.74, 6) is 0. The lowest BCUT2D eigenvalue weighted by Crippen LogP contribution is -2.24. The van der Waals surface area contributed by atoms with Gasteiger partial charge in [-0.3, -0.25) is 4.90 Å². The monoisotopic (exact) mass is 217 g/mol. The summed E-state index contributed by atoms with van der Waals surface area (Å²) >= 11 is 0. The fourth-order valence-corrected chi connectivity index (χ4v) is 1.65. The Morgan fingerprint density at radius 3 is 2.75 bits per heavy atom. The van der Waals surface area contributed by atoms with E-state index in [2.05, 4.69) is 24.0 Å². The van der Waals surface area contributed by atoms with E-state index < -0.39 is 0 Å². The summed E-state index contributed by atoms with van der Waals surface area (Å²) < 4.78 is 0. The van der Waals surface area contributed by atoms with Crippen molar-refractivity contribution in [1.82, 2.24) is 4.90 Å². The number of nitrogens with two attached hydrogens (primary N) is 1. The van der Waals surface area contributed by atoms with Gasteiger partial charge in [-0.25, -0.2) is 0 Å². The highest BCUT2D eigenvalue weighted by Gasteiger charge is 2.05. The molecular weight excluding hydrogens is 198 g/mol. The number of hydrogen-bond acceptors (Lipinski definition) is 3. The molecule has 3 heteroatoms. The number of nitriles is 1. The number of nitrogens with zero attached hydrogens (tertiary/aromatic N) is 2. The lowest BCUT2D eigenvalue weighted by molar-refractivity contribution is 0.278. The minimum absolute atomic E-state index is 0.626. The second-order valence-corrected chi connectivity index (χ2v) is 3.83. The predicted molar refractivity (Wildman–Crippen MR) is 66.7 cm³/mol. The summed E-state index contributed by atoms with van der Waals surface area (Å²) in [6.45, 7) is 4.94. The summed E-state index contributed by atoms with van der Waals surface area (Å²) in [6, 6.07) is 10.1. The van der Waals surface area contributed by atoms with Crippen LogP contribution >= 0.6 is 0 Å². The zero-order chi connectivity index (χ0) is 11.8. The molecule has 0 spiro atoms. The van der Waals surface area contributed by atoms with Crippen LogP contribution in [0, 0.1) is 11.3 Å². The molecule has 1 aromatic carbocycles. The van der Waals surface area contributed by atoms with Gasteiger partial charge in [0.15, 0.2) is 0 Å². The Labute approximate surface area is 97.5 Å². The van der Waals surface area contributed by atoms with Gasteiger partial charge in [0.1, 0.15) is 0 Å². The number of unbranched alkanes of at least 4 members (excludes halogenated alkanes) is 1. The van der Waals surface area contributed by atoms with Crippen molar-refractivity contribution < 1.29 is 0 Å². The fraction of sp³-hybridized carbons (Fsp3) is 0.462. The molecule has 0 heterocycles. The first kappa shape index (κ1) is 12.5. The maximum atomic E-state index is 8.50. The third-order valence-electron chi connectivity index (χ3n) is 2.66. The molecule has 2 N–H and O–H groups in total. The van der Waals surface area contributed by atoms with Crippen molar-refractivity contribution in [3.05, 3.63) is 29.8 Å². The molecule has 0 aliphatic rings. The molecule has 0 saturated carbocycles. The van der Waals surface area contributed by atoms with E-state index >= 15 is 0 Å². The topological polar surface area (TPSA) is 53.0 Å². The summed E-state index contributed by atoms with van der Waals surface area (Å²) in [6.07, 6.45) is 1.55. The molecule has 0 aliphatic heterocycles. The van der Waals surface area contributed by atoms with Gasteiger partial charge in [-0.2, -0.15) is 5.26 Å². The quantitative estimate of drug-likeness (QED) is 0.588. The zero-order valence-corrected chi connectivity index (χ0v) is 9.82. The van der Waals surface area contributed by atoms with Crippen LogP contribution < -0.4 is 5.73 Å². The molecule has 0 saturated heterocycles. The van der Waals surface area contributed by atoms with Crippen LogP contribution in [0.1, 0.15) is 25.3 Å². The number of hydrogen-bond donors (Lipinski definition) is 1. The van der Waals surface area contributed by atoms with Gasteiger partial charge < -0.3 is 5.73 Å². The van der Waals surface area contributed by atoms with E-state index in [1.165, 1.54) is 5.56 Å². The Kier molecular flexibility index (Phi) is 5.38. The molecule has 0 bridgehead atoms. The summed E-state index contributed by atoms with van der Waals surface area (Å²) in [4.78, 5) is 2.31. The second kappa shape index (κ2) is 6.86. The lowest BCUT2D eigenvalue weighted by Gasteiger charge is -2.20. The number of benzene rings is 1. The molecular formula is C13H19N3. The Morgan fingerprint density at radius 1 is 1.38 bits per heavy atom. The number of para-hydroxylation sites is 1. The first-order chi connectivity index (χ1) is 7.77. The molecule has 86 valence electrons. The molecule has 0 atom stereocenters. The highest BCUT2D eigenvalue weighted by Crippen LogP contribution is 2.13. The Morgan fingerprint density at radius 2 is 2.12 bits per heavy atom. The first-order valence-corrected chi connectivity index (χ1v) is 5.70. The Balaban J connectivity index is 2.50. The van der Waals surface area contributed by atoms with Gasteiger partial charge in [0.2, 0.25) is 0 Å². The average molecular weight is 217 g/mol. The highest BCUT2D eigenvalue weighted by molar-refractivity contribution is 5.46. The van der Waals surface area contributed by atoms with Crippen LogP contribution in [0.5, 0.6) is 0 Å². The van der Waals surface area contributed by atoms with Crippen LogP contribution in [0.4, 0.5) is 5.69 Å². The molecule has 0 amide bonds. The van der Waals surface area contributed by atoms with Gasteiger partial charge in [0, 0.05) is 18.7 Å². The Bertz CT molecular complexity index is 354.